The van der Waals surface area contributed by atoms with Gasteiger partial charge in [0, 0.05) is 31.2 Å². The van der Waals surface area contributed by atoms with Crippen LogP contribution in [-0.2, 0) is 11.3 Å². The van der Waals surface area contributed by atoms with Gasteiger partial charge in [0.15, 0.2) is 0 Å². The summed E-state index contributed by atoms with van der Waals surface area (Å²) >= 11 is 0. The molecule has 0 amide bonds. The van der Waals surface area contributed by atoms with Crippen LogP contribution in [0.3, 0.4) is 0 Å². The highest BCUT2D eigenvalue weighted by molar-refractivity contribution is 5.67. The number of ether oxygens (including phenoxy) is 1. The van der Waals surface area contributed by atoms with Crippen molar-refractivity contribution in [2.75, 3.05) is 13.7 Å². The SMILES string of the molecule is COc1ccc(CN2C[C@H](NC(C)C)CC[C@@H]2CC(=O)O)cc1. The maximum Gasteiger partial charge on any atom is 0.304 e. The van der Waals surface area contributed by atoms with Gasteiger partial charge >= 0.3 is 5.97 Å². The van der Waals surface area contributed by atoms with E-state index in [1.165, 1.54) is 5.56 Å². The summed E-state index contributed by atoms with van der Waals surface area (Å²) in [6.07, 6.45) is 2.17. The van der Waals surface area contributed by atoms with Gasteiger partial charge in [0.1, 0.15) is 5.75 Å². The van der Waals surface area contributed by atoms with Crippen molar-refractivity contribution in [3.63, 3.8) is 0 Å². The molecule has 1 aliphatic rings. The summed E-state index contributed by atoms with van der Waals surface area (Å²) in [6, 6.07) is 8.99. The number of nitrogens with one attached hydrogen (secondary N) is 1. The van der Waals surface area contributed by atoms with E-state index in [1.807, 2.05) is 12.1 Å². The third-order valence-corrected chi connectivity index (χ3v) is 4.34. The number of benzene rings is 1. The molecule has 2 N–H and O–H groups in total. The van der Waals surface area contributed by atoms with Gasteiger partial charge in [-0.15, -0.1) is 0 Å². The molecule has 1 saturated heterocycles. The van der Waals surface area contributed by atoms with Crippen LogP contribution in [0.1, 0.15) is 38.7 Å². The fourth-order valence-electron chi connectivity index (χ4n) is 3.30. The van der Waals surface area contributed by atoms with Gasteiger partial charge in [0.2, 0.25) is 0 Å². The lowest BCUT2D eigenvalue weighted by molar-refractivity contribution is -0.139. The maximum absolute atomic E-state index is 11.1. The highest BCUT2D eigenvalue weighted by Crippen LogP contribution is 2.23. The third kappa shape index (κ3) is 5.52. The van der Waals surface area contributed by atoms with Gasteiger partial charge in [-0.2, -0.15) is 0 Å². The van der Waals surface area contributed by atoms with Crippen LogP contribution in [0.15, 0.2) is 24.3 Å². The van der Waals surface area contributed by atoms with Crippen LogP contribution in [0.25, 0.3) is 0 Å². The first-order valence-corrected chi connectivity index (χ1v) is 8.32. The molecule has 0 spiro atoms. The van der Waals surface area contributed by atoms with Crippen LogP contribution in [0.5, 0.6) is 5.75 Å². The highest BCUT2D eigenvalue weighted by atomic mass is 16.5. The molecule has 1 aromatic carbocycles. The Balaban J connectivity index is 2.05. The zero-order valence-corrected chi connectivity index (χ0v) is 14.3. The Kier molecular flexibility index (Phi) is 6.42. The molecule has 2 rings (SSSR count). The van der Waals surface area contributed by atoms with Crippen molar-refractivity contribution < 1.29 is 14.6 Å². The maximum atomic E-state index is 11.1. The van der Waals surface area contributed by atoms with E-state index < -0.39 is 5.97 Å². The molecule has 2 atom stereocenters. The highest BCUT2D eigenvalue weighted by Gasteiger charge is 2.29. The molecule has 0 bridgehead atoms. The van der Waals surface area contributed by atoms with E-state index in [2.05, 4.69) is 36.2 Å². The molecular formula is C18H28N2O3. The number of aliphatic carboxylic acids is 1. The minimum atomic E-state index is -0.718. The second kappa shape index (κ2) is 8.31. The number of hydrogen-bond donors (Lipinski definition) is 2. The standard InChI is InChI=1S/C18H28N2O3/c1-13(2)19-15-6-7-16(10-18(21)22)20(12-15)11-14-4-8-17(23-3)9-5-14/h4-5,8-9,13,15-16,19H,6-7,10-12H2,1-3H3,(H,21,22)/t15-,16-/m1/s1. The van der Waals surface area contributed by atoms with Gasteiger partial charge < -0.3 is 15.2 Å². The summed E-state index contributed by atoms with van der Waals surface area (Å²) in [5.74, 6) is 0.124. The van der Waals surface area contributed by atoms with E-state index >= 15 is 0 Å². The Morgan fingerprint density at radius 2 is 2.04 bits per heavy atom. The molecule has 0 aliphatic carbocycles. The van der Waals surface area contributed by atoms with Crippen molar-refractivity contribution in [3.8, 4) is 5.75 Å². The smallest absolute Gasteiger partial charge is 0.304 e. The molecular weight excluding hydrogens is 292 g/mol. The first kappa shape index (κ1) is 17.8. The largest absolute Gasteiger partial charge is 0.497 e. The Labute approximate surface area is 138 Å². The molecule has 1 fully saturated rings. The van der Waals surface area contributed by atoms with Gasteiger partial charge in [-0.25, -0.2) is 0 Å². The van der Waals surface area contributed by atoms with Crippen LogP contribution in [0.4, 0.5) is 0 Å². The van der Waals surface area contributed by atoms with E-state index in [9.17, 15) is 9.90 Å². The summed E-state index contributed by atoms with van der Waals surface area (Å²) in [4.78, 5) is 13.5. The Morgan fingerprint density at radius 1 is 1.35 bits per heavy atom. The average Bonchev–Trinajstić information content (AvgIpc) is 2.49. The number of carboxylic acid groups (broad SMARTS) is 1. The summed E-state index contributed by atoms with van der Waals surface area (Å²) in [7, 11) is 1.66. The minimum Gasteiger partial charge on any atom is -0.497 e. The van der Waals surface area contributed by atoms with Crippen LogP contribution in [0, 0.1) is 0 Å². The molecule has 1 heterocycles. The minimum absolute atomic E-state index is 0.111. The van der Waals surface area contributed by atoms with Gasteiger partial charge in [-0.3, -0.25) is 9.69 Å². The number of carboxylic acids is 1. The number of nitrogens with zero attached hydrogens (tertiary/aromatic N) is 1. The fraction of sp³-hybridized carbons (Fsp3) is 0.611. The summed E-state index contributed by atoms with van der Waals surface area (Å²) in [6.45, 7) is 5.97. The lowest BCUT2D eigenvalue weighted by atomic mass is 9.94. The van der Waals surface area contributed by atoms with E-state index in [-0.39, 0.29) is 12.5 Å². The van der Waals surface area contributed by atoms with Gasteiger partial charge in [0.05, 0.1) is 13.5 Å². The van der Waals surface area contributed by atoms with Crippen LogP contribution in [-0.4, -0.2) is 47.8 Å². The Bertz CT molecular complexity index is 501. The van der Waals surface area contributed by atoms with E-state index in [0.717, 1.165) is 31.7 Å². The Morgan fingerprint density at radius 3 is 2.61 bits per heavy atom. The van der Waals surface area contributed by atoms with Crippen LogP contribution >= 0.6 is 0 Å². The molecule has 0 radical (unpaired) electrons. The number of methoxy groups -OCH3 is 1. The molecule has 1 aromatic rings. The normalized spacial score (nSPS) is 22.3. The fourth-order valence-corrected chi connectivity index (χ4v) is 3.30. The van der Waals surface area contributed by atoms with E-state index in [0.29, 0.717) is 12.1 Å². The number of hydrogen-bond acceptors (Lipinski definition) is 4. The molecule has 0 unspecified atom stereocenters. The van der Waals surface area contributed by atoms with Crippen molar-refractivity contribution >= 4 is 5.97 Å². The molecule has 23 heavy (non-hydrogen) atoms. The summed E-state index contributed by atoms with van der Waals surface area (Å²) < 4.78 is 5.19. The molecule has 5 nitrogen and oxygen atoms in total. The summed E-state index contributed by atoms with van der Waals surface area (Å²) in [5.41, 5.74) is 1.19. The van der Waals surface area contributed by atoms with Crippen molar-refractivity contribution in [2.45, 2.75) is 57.8 Å². The van der Waals surface area contributed by atoms with Gasteiger partial charge in [-0.05, 0) is 30.5 Å². The predicted molar refractivity (Wildman–Crippen MR) is 90.7 cm³/mol. The molecule has 5 heteroatoms. The van der Waals surface area contributed by atoms with Gasteiger partial charge in [0.25, 0.3) is 0 Å². The number of carbonyl (C=O) groups is 1. The van der Waals surface area contributed by atoms with Crippen LogP contribution in [0.2, 0.25) is 0 Å². The number of rotatable bonds is 7. The monoisotopic (exact) mass is 320 g/mol. The second-order valence-corrected chi connectivity index (χ2v) is 6.62. The first-order chi connectivity index (χ1) is 11.0. The zero-order valence-electron chi connectivity index (χ0n) is 14.3. The quantitative estimate of drug-likeness (QED) is 0.808. The van der Waals surface area contributed by atoms with E-state index in [4.69, 9.17) is 4.74 Å². The van der Waals surface area contributed by atoms with Crippen molar-refractivity contribution in [1.82, 2.24) is 10.2 Å². The Hall–Kier alpha value is -1.59. The number of piperidine rings is 1. The topological polar surface area (TPSA) is 61.8 Å². The van der Waals surface area contributed by atoms with Crippen molar-refractivity contribution in [1.29, 1.82) is 0 Å². The van der Waals surface area contributed by atoms with Crippen LogP contribution < -0.4 is 10.1 Å². The molecule has 128 valence electrons. The molecule has 0 saturated carbocycles. The van der Waals surface area contributed by atoms with E-state index in [1.54, 1.807) is 7.11 Å². The number of likely N-dealkylation sites (tertiary alicyclic amines) is 1. The third-order valence-electron chi connectivity index (χ3n) is 4.34. The van der Waals surface area contributed by atoms with Crippen molar-refractivity contribution in [3.05, 3.63) is 29.8 Å². The zero-order chi connectivity index (χ0) is 16.8. The van der Waals surface area contributed by atoms with Crippen molar-refractivity contribution in [2.24, 2.45) is 0 Å². The predicted octanol–water partition coefficient (Wildman–Crippen LogP) is 2.50. The first-order valence-electron chi connectivity index (χ1n) is 8.32. The molecule has 0 aromatic heterocycles. The lowest BCUT2D eigenvalue weighted by Crippen LogP contribution is -2.52. The van der Waals surface area contributed by atoms with Gasteiger partial charge in [-0.1, -0.05) is 26.0 Å². The summed E-state index contributed by atoms with van der Waals surface area (Å²) in [5, 5.41) is 12.8. The average molecular weight is 320 g/mol. The second-order valence-electron chi connectivity index (χ2n) is 6.62. The molecule has 1 aliphatic heterocycles. The lowest BCUT2D eigenvalue weighted by Gasteiger charge is -2.40.